The first-order valence-electron chi connectivity index (χ1n) is 6.16. The minimum absolute atomic E-state index is 0.476. The van der Waals surface area contributed by atoms with Crippen molar-refractivity contribution in [3.05, 3.63) is 34.9 Å². The zero-order valence-electron chi connectivity index (χ0n) is 10.2. The SMILES string of the molecule is O=S1CCN(CCC(O)c2cccc(Cl)c2)CC1. The largest absolute Gasteiger partial charge is 0.388 e. The van der Waals surface area contributed by atoms with Gasteiger partial charge in [-0.25, -0.2) is 0 Å². The summed E-state index contributed by atoms with van der Waals surface area (Å²) in [6.45, 7) is 2.58. The van der Waals surface area contributed by atoms with Gasteiger partial charge in [-0.15, -0.1) is 0 Å². The van der Waals surface area contributed by atoms with Crippen LogP contribution in [0.4, 0.5) is 0 Å². The van der Waals surface area contributed by atoms with E-state index in [1.807, 2.05) is 12.1 Å². The number of hydrogen-bond acceptors (Lipinski definition) is 3. The molecule has 1 aromatic carbocycles. The summed E-state index contributed by atoms with van der Waals surface area (Å²) in [5.41, 5.74) is 0.864. The number of halogens is 1. The van der Waals surface area contributed by atoms with E-state index in [0.717, 1.165) is 36.7 Å². The minimum atomic E-state index is -0.636. The zero-order valence-corrected chi connectivity index (χ0v) is 11.8. The quantitative estimate of drug-likeness (QED) is 0.918. The Hall–Kier alpha value is -0.420. The molecule has 3 nitrogen and oxygen atoms in total. The Kier molecular flexibility index (Phi) is 5.18. The van der Waals surface area contributed by atoms with Crippen molar-refractivity contribution >= 4 is 22.4 Å². The molecule has 100 valence electrons. The molecule has 2 rings (SSSR count). The van der Waals surface area contributed by atoms with Crippen LogP contribution in [-0.2, 0) is 10.8 Å². The first-order valence-corrected chi connectivity index (χ1v) is 8.02. The molecule has 1 saturated heterocycles. The average Bonchev–Trinajstić information content (AvgIpc) is 2.38. The lowest BCUT2D eigenvalue weighted by Crippen LogP contribution is -2.38. The molecule has 1 fully saturated rings. The maximum absolute atomic E-state index is 11.2. The van der Waals surface area contributed by atoms with Crippen molar-refractivity contribution in [1.82, 2.24) is 4.90 Å². The fourth-order valence-electron chi connectivity index (χ4n) is 2.08. The summed E-state index contributed by atoms with van der Waals surface area (Å²) < 4.78 is 11.2. The Morgan fingerprint density at radius 2 is 2.11 bits per heavy atom. The Morgan fingerprint density at radius 1 is 1.39 bits per heavy atom. The summed E-state index contributed by atoms with van der Waals surface area (Å²) in [6, 6.07) is 7.35. The van der Waals surface area contributed by atoms with E-state index in [2.05, 4.69) is 4.90 Å². The normalized spacial score (nSPS) is 19.9. The molecular formula is C13H18ClNO2S. The number of rotatable bonds is 4. The number of aliphatic hydroxyl groups excluding tert-OH is 1. The highest BCUT2D eigenvalue weighted by Crippen LogP contribution is 2.20. The van der Waals surface area contributed by atoms with Crippen LogP contribution in [0.5, 0.6) is 0 Å². The molecule has 1 aliphatic rings. The molecule has 1 heterocycles. The summed E-state index contributed by atoms with van der Waals surface area (Å²) in [7, 11) is -0.636. The van der Waals surface area contributed by atoms with Crippen LogP contribution >= 0.6 is 11.6 Å². The first kappa shape index (κ1) is 14.0. The van der Waals surface area contributed by atoms with Crippen LogP contribution in [0, 0.1) is 0 Å². The molecule has 0 bridgehead atoms. The van der Waals surface area contributed by atoms with Crippen LogP contribution < -0.4 is 0 Å². The van der Waals surface area contributed by atoms with Gasteiger partial charge in [0, 0.05) is 47.0 Å². The van der Waals surface area contributed by atoms with Gasteiger partial charge in [0.2, 0.25) is 0 Å². The molecule has 1 N–H and O–H groups in total. The second-order valence-corrected chi connectivity index (χ2v) is 6.68. The minimum Gasteiger partial charge on any atom is -0.388 e. The second-order valence-electron chi connectivity index (χ2n) is 4.55. The Labute approximate surface area is 115 Å². The summed E-state index contributed by atoms with van der Waals surface area (Å²) in [5, 5.41) is 10.7. The molecule has 0 aliphatic carbocycles. The van der Waals surface area contributed by atoms with Crippen LogP contribution in [0.3, 0.4) is 0 Å². The van der Waals surface area contributed by atoms with Crippen LogP contribution in [0.15, 0.2) is 24.3 Å². The lowest BCUT2D eigenvalue weighted by Gasteiger charge is -2.26. The molecule has 1 unspecified atom stereocenters. The van der Waals surface area contributed by atoms with Crippen LogP contribution in [0.2, 0.25) is 5.02 Å². The summed E-state index contributed by atoms with van der Waals surface area (Å²) in [6.07, 6.45) is 0.212. The van der Waals surface area contributed by atoms with Crippen LogP contribution in [0.1, 0.15) is 18.1 Å². The van der Waals surface area contributed by atoms with E-state index in [-0.39, 0.29) is 0 Å². The molecule has 0 aromatic heterocycles. The van der Waals surface area contributed by atoms with Crippen molar-refractivity contribution < 1.29 is 9.32 Å². The molecule has 1 aliphatic heterocycles. The van der Waals surface area contributed by atoms with Gasteiger partial charge in [0.15, 0.2) is 0 Å². The molecule has 0 amide bonds. The Balaban J connectivity index is 1.81. The Morgan fingerprint density at radius 3 is 2.78 bits per heavy atom. The Bertz CT molecular complexity index is 417. The summed E-state index contributed by atoms with van der Waals surface area (Å²) in [5.74, 6) is 1.51. The van der Waals surface area contributed by atoms with Crippen molar-refractivity contribution in [1.29, 1.82) is 0 Å². The average molecular weight is 288 g/mol. The highest BCUT2D eigenvalue weighted by molar-refractivity contribution is 7.85. The fourth-order valence-corrected chi connectivity index (χ4v) is 3.41. The van der Waals surface area contributed by atoms with Crippen molar-refractivity contribution in [2.75, 3.05) is 31.1 Å². The van der Waals surface area contributed by atoms with Gasteiger partial charge in [0.05, 0.1) is 6.10 Å². The third-order valence-electron chi connectivity index (χ3n) is 3.22. The number of aliphatic hydroxyl groups is 1. The van der Waals surface area contributed by atoms with Crippen LogP contribution in [0.25, 0.3) is 0 Å². The van der Waals surface area contributed by atoms with Gasteiger partial charge in [-0.2, -0.15) is 0 Å². The van der Waals surface area contributed by atoms with Crippen molar-refractivity contribution in [2.45, 2.75) is 12.5 Å². The third-order valence-corrected chi connectivity index (χ3v) is 4.73. The highest BCUT2D eigenvalue weighted by atomic mass is 35.5. The molecule has 5 heteroatoms. The number of benzene rings is 1. The van der Waals surface area contributed by atoms with E-state index in [9.17, 15) is 9.32 Å². The van der Waals surface area contributed by atoms with Gasteiger partial charge in [-0.1, -0.05) is 23.7 Å². The molecule has 1 aromatic rings. The van der Waals surface area contributed by atoms with E-state index in [1.54, 1.807) is 12.1 Å². The van der Waals surface area contributed by atoms with E-state index >= 15 is 0 Å². The van der Waals surface area contributed by atoms with Crippen molar-refractivity contribution in [3.8, 4) is 0 Å². The monoisotopic (exact) mass is 287 g/mol. The van der Waals surface area contributed by atoms with E-state index in [1.165, 1.54) is 0 Å². The lowest BCUT2D eigenvalue weighted by atomic mass is 10.1. The summed E-state index contributed by atoms with van der Waals surface area (Å²) in [4.78, 5) is 2.26. The van der Waals surface area contributed by atoms with Gasteiger partial charge in [-0.3, -0.25) is 4.21 Å². The van der Waals surface area contributed by atoms with Gasteiger partial charge in [-0.05, 0) is 24.1 Å². The van der Waals surface area contributed by atoms with Gasteiger partial charge in [0.25, 0.3) is 0 Å². The molecular weight excluding hydrogens is 270 g/mol. The van der Waals surface area contributed by atoms with Gasteiger partial charge >= 0.3 is 0 Å². The smallest absolute Gasteiger partial charge is 0.0802 e. The van der Waals surface area contributed by atoms with Gasteiger partial charge in [0.1, 0.15) is 0 Å². The maximum atomic E-state index is 11.2. The maximum Gasteiger partial charge on any atom is 0.0802 e. The fraction of sp³-hybridized carbons (Fsp3) is 0.538. The molecule has 0 radical (unpaired) electrons. The van der Waals surface area contributed by atoms with E-state index in [4.69, 9.17) is 11.6 Å². The van der Waals surface area contributed by atoms with Crippen molar-refractivity contribution in [3.63, 3.8) is 0 Å². The number of nitrogens with zero attached hydrogens (tertiary/aromatic N) is 1. The molecule has 0 spiro atoms. The highest BCUT2D eigenvalue weighted by Gasteiger charge is 2.16. The second kappa shape index (κ2) is 6.66. The number of hydrogen-bond donors (Lipinski definition) is 1. The van der Waals surface area contributed by atoms with E-state index < -0.39 is 16.9 Å². The molecule has 18 heavy (non-hydrogen) atoms. The van der Waals surface area contributed by atoms with Crippen LogP contribution in [-0.4, -0.2) is 45.4 Å². The lowest BCUT2D eigenvalue weighted by molar-refractivity contribution is 0.145. The predicted molar refractivity (Wildman–Crippen MR) is 75.3 cm³/mol. The molecule has 1 atom stereocenters. The molecule has 0 saturated carbocycles. The van der Waals surface area contributed by atoms with E-state index in [0.29, 0.717) is 11.4 Å². The zero-order chi connectivity index (χ0) is 13.0. The van der Waals surface area contributed by atoms with Crippen molar-refractivity contribution in [2.24, 2.45) is 0 Å². The first-order chi connectivity index (χ1) is 8.65. The topological polar surface area (TPSA) is 40.5 Å². The van der Waals surface area contributed by atoms with Gasteiger partial charge < -0.3 is 10.0 Å². The standard InChI is InChI=1S/C13H18ClNO2S/c14-12-3-1-2-11(10-12)13(16)4-5-15-6-8-18(17)9-7-15/h1-3,10,13,16H,4-9H2. The predicted octanol–water partition coefficient (Wildman–Crippen LogP) is 1.83. The summed E-state index contributed by atoms with van der Waals surface area (Å²) >= 11 is 5.90. The third kappa shape index (κ3) is 4.05.